The van der Waals surface area contributed by atoms with Crippen LogP contribution in [0.5, 0.6) is 0 Å². The number of fused-ring (bicyclic) bond motifs is 1. The highest BCUT2D eigenvalue weighted by atomic mass is 32.1. The van der Waals surface area contributed by atoms with Gasteiger partial charge in [-0.3, -0.25) is 9.78 Å². The molecule has 4 nitrogen and oxygen atoms in total. The summed E-state index contributed by atoms with van der Waals surface area (Å²) in [7, 11) is 0. The number of nitrogens with zero attached hydrogens (tertiary/aromatic N) is 3. The van der Waals surface area contributed by atoms with Crippen LogP contribution in [0, 0.1) is 5.92 Å². The Hall–Kier alpha value is -1.62. The number of likely N-dealkylation sites (tertiary alicyclic amines) is 1. The molecule has 2 aliphatic rings. The summed E-state index contributed by atoms with van der Waals surface area (Å²) < 4.78 is 1.25. The third kappa shape index (κ3) is 2.94. The fourth-order valence-corrected chi connectivity index (χ4v) is 4.77. The van der Waals surface area contributed by atoms with Crippen LogP contribution in [0.25, 0.3) is 10.2 Å². The van der Waals surface area contributed by atoms with Crippen LogP contribution < -0.4 is 4.90 Å². The van der Waals surface area contributed by atoms with Gasteiger partial charge in [0.1, 0.15) is 0 Å². The van der Waals surface area contributed by atoms with E-state index in [1.54, 1.807) is 11.3 Å². The second-order valence-corrected chi connectivity index (χ2v) is 7.55. The fraction of sp³-hybridized carbons (Fsp3) is 0.556. The molecule has 2 aromatic heterocycles. The van der Waals surface area contributed by atoms with Crippen LogP contribution in [0.3, 0.4) is 0 Å². The molecule has 0 N–H and O–H groups in total. The van der Waals surface area contributed by atoms with E-state index in [0.29, 0.717) is 5.91 Å². The zero-order valence-corrected chi connectivity index (χ0v) is 14.2. The van der Waals surface area contributed by atoms with E-state index in [-0.39, 0.29) is 5.92 Å². The van der Waals surface area contributed by atoms with Crippen molar-refractivity contribution in [2.45, 2.75) is 32.1 Å². The number of carbonyl (C=O) groups excluding carboxylic acids is 1. The minimum atomic E-state index is 0.157. The zero-order valence-electron chi connectivity index (χ0n) is 13.4. The Kier molecular flexibility index (Phi) is 4.21. The summed E-state index contributed by atoms with van der Waals surface area (Å²) in [5.41, 5.74) is 2.32. The van der Waals surface area contributed by atoms with Crippen LogP contribution in [0.1, 0.15) is 32.1 Å². The van der Waals surface area contributed by atoms with Gasteiger partial charge in [-0.1, -0.05) is 0 Å². The second kappa shape index (κ2) is 6.48. The van der Waals surface area contributed by atoms with E-state index < -0.39 is 0 Å². The molecule has 4 heterocycles. The number of carbonyl (C=O) groups is 1. The van der Waals surface area contributed by atoms with Crippen molar-refractivity contribution in [2.24, 2.45) is 5.92 Å². The molecule has 0 saturated carbocycles. The number of anilines is 1. The predicted octanol–water partition coefficient (Wildman–Crippen LogP) is 3.53. The molecule has 1 amide bonds. The van der Waals surface area contributed by atoms with E-state index in [9.17, 15) is 4.79 Å². The monoisotopic (exact) mass is 329 g/mol. The maximum Gasteiger partial charge on any atom is 0.227 e. The molecule has 2 fully saturated rings. The average Bonchev–Trinajstić information content (AvgIpc) is 3.10. The quantitative estimate of drug-likeness (QED) is 0.846. The Labute approximate surface area is 141 Å². The van der Waals surface area contributed by atoms with Gasteiger partial charge in [-0.05, 0) is 49.6 Å². The van der Waals surface area contributed by atoms with Gasteiger partial charge >= 0.3 is 0 Å². The molecular formula is C18H23N3OS. The van der Waals surface area contributed by atoms with E-state index >= 15 is 0 Å². The van der Waals surface area contributed by atoms with Gasteiger partial charge < -0.3 is 9.80 Å². The van der Waals surface area contributed by atoms with Crippen molar-refractivity contribution in [3.8, 4) is 0 Å². The summed E-state index contributed by atoms with van der Waals surface area (Å²) in [5.74, 6) is 0.538. The van der Waals surface area contributed by atoms with E-state index in [1.807, 2.05) is 6.20 Å². The lowest BCUT2D eigenvalue weighted by atomic mass is 9.95. The summed E-state index contributed by atoms with van der Waals surface area (Å²) in [4.78, 5) is 21.8. The zero-order chi connectivity index (χ0) is 15.6. The van der Waals surface area contributed by atoms with E-state index in [0.717, 1.165) is 44.5 Å². The first-order chi connectivity index (χ1) is 11.3. The normalized spacial score (nSPS) is 22.5. The lowest BCUT2D eigenvalue weighted by Gasteiger charge is -2.37. The van der Waals surface area contributed by atoms with Crippen molar-refractivity contribution in [3.63, 3.8) is 0 Å². The molecule has 0 spiro atoms. The van der Waals surface area contributed by atoms with Crippen molar-refractivity contribution in [1.82, 2.24) is 9.88 Å². The molecule has 23 heavy (non-hydrogen) atoms. The topological polar surface area (TPSA) is 36.4 Å². The number of aromatic nitrogens is 1. The van der Waals surface area contributed by atoms with Crippen molar-refractivity contribution >= 4 is 33.1 Å². The Bertz CT molecular complexity index is 692. The Morgan fingerprint density at radius 3 is 2.87 bits per heavy atom. The summed E-state index contributed by atoms with van der Waals surface area (Å²) in [6, 6.07) is 4.18. The molecule has 5 heteroatoms. The molecular weight excluding hydrogens is 306 g/mol. The van der Waals surface area contributed by atoms with Gasteiger partial charge in [-0.15, -0.1) is 11.3 Å². The molecule has 1 atom stereocenters. The van der Waals surface area contributed by atoms with Crippen molar-refractivity contribution in [1.29, 1.82) is 0 Å². The first-order valence-electron chi connectivity index (χ1n) is 8.69. The molecule has 122 valence electrons. The van der Waals surface area contributed by atoms with Crippen LogP contribution in [0.15, 0.2) is 23.7 Å². The van der Waals surface area contributed by atoms with E-state index in [4.69, 9.17) is 0 Å². The Balaban J connectivity index is 1.52. The van der Waals surface area contributed by atoms with Gasteiger partial charge in [0.25, 0.3) is 0 Å². The van der Waals surface area contributed by atoms with Gasteiger partial charge in [0.2, 0.25) is 5.91 Å². The van der Waals surface area contributed by atoms with Gasteiger partial charge in [-0.25, -0.2) is 0 Å². The van der Waals surface area contributed by atoms with Gasteiger partial charge in [0, 0.05) is 32.4 Å². The summed E-state index contributed by atoms with van der Waals surface area (Å²) in [6.07, 6.45) is 7.63. The van der Waals surface area contributed by atoms with Crippen molar-refractivity contribution in [2.75, 3.05) is 31.1 Å². The van der Waals surface area contributed by atoms with Gasteiger partial charge in [0.15, 0.2) is 0 Å². The number of piperidine rings is 2. The first kappa shape index (κ1) is 14.9. The third-order valence-electron chi connectivity index (χ3n) is 5.10. The van der Waals surface area contributed by atoms with Crippen LogP contribution in [0.4, 0.5) is 5.69 Å². The second-order valence-electron chi connectivity index (χ2n) is 6.64. The predicted molar refractivity (Wildman–Crippen MR) is 95.0 cm³/mol. The molecule has 2 aliphatic heterocycles. The molecule has 0 bridgehead atoms. The molecule has 1 unspecified atom stereocenters. The number of hydrogen-bond donors (Lipinski definition) is 0. The van der Waals surface area contributed by atoms with Crippen LogP contribution in [-0.2, 0) is 4.79 Å². The van der Waals surface area contributed by atoms with E-state index in [2.05, 4.69) is 32.3 Å². The largest absolute Gasteiger partial charge is 0.369 e. The highest BCUT2D eigenvalue weighted by Gasteiger charge is 2.30. The van der Waals surface area contributed by atoms with Gasteiger partial charge in [0.05, 0.1) is 21.8 Å². The summed E-state index contributed by atoms with van der Waals surface area (Å²) in [5, 5.41) is 2.10. The summed E-state index contributed by atoms with van der Waals surface area (Å²) in [6.45, 7) is 3.81. The molecule has 0 radical (unpaired) electrons. The standard InChI is InChI=1S/C18H23N3OS/c22-18(20-9-2-1-3-10-20)14-5-4-11-21(13-14)16-6-8-19-15-7-12-23-17(15)16/h6-8,12,14H,1-5,9-11,13H2. The number of amides is 1. The Morgan fingerprint density at radius 1 is 1.13 bits per heavy atom. The number of hydrogen-bond acceptors (Lipinski definition) is 4. The summed E-state index contributed by atoms with van der Waals surface area (Å²) >= 11 is 1.75. The van der Waals surface area contributed by atoms with Crippen molar-refractivity contribution in [3.05, 3.63) is 23.7 Å². The fourth-order valence-electron chi connectivity index (χ4n) is 3.88. The van der Waals surface area contributed by atoms with Crippen LogP contribution in [0.2, 0.25) is 0 Å². The van der Waals surface area contributed by atoms with Crippen LogP contribution >= 0.6 is 11.3 Å². The van der Waals surface area contributed by atoms with E-state index in [1.165, 1.54) is 29.6 Å². The lowest BCUT2D eigenvalue weighted by molar-refractivity contribution is -0.136. The average molecular weight is 329 g/mol. The SMILES string of the molecule is O=C(C1CCCN(c2ccnc3ccsc23)C1)N1CCCCC1. The number of thiophene rings is 1. The molecule has 0 aromatic carbocycles. The minimum absolute atomic E-state index is 0.157. The molecule has 2 aromatic rings. The Morgan fingerprint density at radius 2 is 2.00 bits per heavy atom. The molecule has 2 saturated heterocycles. The lowest BCUT2D eigenvalue weighted by Crippen LogP contribution is -2.46. The van der Waals surface area contributed by atoms with Crippen molar-refractivity contribution < 1.29 is 4.79 Å². The third-order valence-corrected chi connectivity index (χ3v) is 6.03. The van der Waals surface area contributed by atoms with Crippen LogP contribution in [-0.4, -0.2) is 42.0 Å². The minimum Gasteiger partial charge on any atom is -0.369 e. The molecule has 4 rings (SSSR count). The maximum absolute atomic E-state index is 12.8. The maximum atomic E-state index is 12.8. The first-order valence-corrected chi connectivity index (χ1v) is 9.57. The highest BCUT2D eigenvalue weighted by Crippen LogP contribution is 2.33. The number of pyridine rings is 1. The highest BCUT2D eigenvalue weighted by molar-refractivity contribution is 7.17. The van der Waals surface area contributed by atoms with Gasteiger partial charge in [-0.2, -0.15) is 0 Å². The molecule has 0 aliphatic carbocycles. The smallest absolute Gasteiger partial charge is 0.227 e. The number of rotatable bonds is 2.